The standard InChI is InChI=1S/C23H15F2N3O/c24-15-12-10-14(11-13-15)20-19-21(27-26-20)23(29)28(16-6-2-1-3-7-16)22(19)17-8-4-5-9-18(17)25/h1-13,22H,(H,26,27)/t22-/m1/s1. The Hall–Kier alpha value is -3.80. The van der Waals surface area contributed by atoms with Crippen molar-refractivity contribution in [3.63, 3.8) is 0 Å². The van der Waals surface area contributed by atoms with E-state index in [-0.39, 0.29) is 11.7 Å². The lowest BCUT2D eigenvalue weighted by molar-refractivity contribution is 0.0988. The van der Waals surface area contributed by atoms with Gasteiger partial charge in [0.05, 0.1) is 11.7 Å². The van der Waals surface area contributed by atoms with Gasteiger partial charge in [-0.2, -0.15) is 5.10 Å². The average molecular weight is 387 g/mol. The van der Waals surface area contributed by atoms with Gasteiger partial charge in [-0.05, 0) is 42.5 Å². The molecule has 5 rings (SSSR count). The van der Waals surface area contributed by atoms with Crippen LogP contribution in [0.15, 0.2) is 78.9 Å². The fourth-order valence-electron chi connectivity index (χ4n) is 3.82. The van der Waals surface area contributed by atoms with Crippen LogP contribution in [0.25, 0.3) is 11.3 Å². The molecule has 0 bridgehead atoms. The Bertz CT molecular complexity index is 1200. The van der Waals surface area contributed by atoms with E-state index in [0.717, 1.165) is 0 Å². The van der Waals surface area contributed by atoms with Gasteiger partial charge in [0.25, 0.3) is 5.91 Å². The number of nitrogens with zero attached hydrogens (tertiary/aromatic N) is 2. The fraction of sp³-hybridized carbons (Fsp3) is 0.0435. The Balaban J connectivity index is 1.75. The second kappa shape index (κ2) is 6.67. The van der Waals surface area contributed by atoms with Gasteiger partial charge in [0, 0.05) is 22.4 Å². The maximum atomic E-state index is 14.8. The monoisotopic (exact) mass is 387 g/mol. The van der Waals surface area contributed by atoms with E-state index in [1.54, 1.807) is 35.2 Å². The van der Waals surface area contributed by atoms with Gasteiger partial charge in [-0.15, -0.1) is 0 Å². The van der Waals surface area contributed by atoms with Crippen molar-refractivity contribution < 1.29 is 13.6 Å². The van der Waals surface area contributed by atoms with Crippen molar-refractivity contribution >= 4 is 11.6 Å². The van der Waals surface area contributed by atoms with E-state index in [9.17, 15) is 13.6 Å². The second-order valence-corrected chi connectivity index (χ2v) is 6.80. The molecule has 0 fully saturated rings. The summed E-state index contributed by atoms with van der Waals surface area (Å²) in [5, 5.41) is 7.11. The molecule has 142 valence electrons. The van der Waals surface area contributed by atoms with Crippen molar-refractivity contribution in [2.24, 2.45) is 0 Å². The predicted octanol–water partition coefficient (Wildman–Crippen LogP) is 5.10. The van der Waals surface area contributed by atoms with Crippen LogP contribution in [-0.4, -0.2) is 16.1 Å². The van der Waals surface area contributed by atoms with Gasteiger partial charge in [-0.1, -0.05) is 36.4 Å². The summed E-state index contributed by atoms with van der Waals surface area (Å²) in [6.07, 6.45) is 0. The maximum absolute atomic E-state index is 14.8. The first kappa shape index (κ1) is 17.3. The number of hydrogen-bond acceptors (Lipinski definition) is 2. The molecule has 2 heterocycles. The van der Waals surface area contributed by atoms with Crippen molar-refractivity contribution in [2.45, 2.75) is 6.04 Å². The molecule has 1 aliphatic rings. The fourth-order valence-corrected chi connectivity index (χ4v) is 3.82. The lowest BCUT2D eigenvalue weighted by Gasteiger charge is -2.26. The quantitative estimate of drug-likeness (QED) is 0.531. The molecule has 1 aromatic heterocycles. The van der Waals surface area contributed by atoms with Gasteiger partial charge < -0.3 is 0 Å². The number of hydrogen-bond donors (Lipinski definition) is 1. The number of nitrogens with one attached hydrogen (secondary N) is 1. The maximum Gasteiger partial charge on any atom is 0.277 e. The molecule has 0 aliphatic carbocycles. The van der Waals surface area contributed by atoms with E-state index in [1.165, 1.54) is 18.2 Å². The molecule has 1 aliphatic heterocycles. The van der Waals surface area contributed by atoms with E-state index in [4.69, 9.17) is 0 Å². The summed E-state index contributed by atoms with van der Waals surface area (Å²) in [4.78, 5) is 14.8. The van der Waals surface area contributed by atoms with E-state index < -0.39 is 11.9 Å². The number of rotatable bonds is 3. The number of para-hydroxylation sites is 1. The minimum Gasteiger partial charge on any atom is -0.295 e. The minimum atomic E-state index is -0.695. The van der Waals surface area contributed by atoms with E-state index in [1.807, 2.05) is 30.3 Å². The Morgan fingerprint density at radius 3 is 2.28 bits per heavy atom. The molecule has 0 unspecified atom stereocenters. The molecule has 6 heteroatoms. The highest BCUT2D eigenvalue weighted by Crippen LogP contribution is 2.45. The molecule has 1 N–H and O–H groups in total. The number of carbonyl (C=O) groups excluding carboxylic acids is 1. The van der Waals surface area contributed by atoms with Crippen LogP contribution < -0.4 is 4.90 Å². The zero-order chi connectivity index (χ0) is 20.0. The number of fused-ring (bicyclic) bond motifs is 1. The van der Waals surface area contributed by atoms with Crippen molar-refractivity contribution in [3.8, 4) is 11.3 Å². The first-order chi connectivity index (χ1) is 14.1. The lowest BCUT2D eigenvalue weighted by Crippen LogP contribution is -2.29. The molecule has 0 spiro atoms. The zero-order valence-corrected chi connectivity index (χ0v) is 15.1. The van der Waals surface area contributed by atoms with E-state index in [0.29, 0.717) is 33.8 Å². The Morgan fingerprint density at radius 1 is 0.862 bits per heavy atom. The number of carbonyl (C=O) groups is 1. The van der Waals surface area contributed by atoms with Gasteiger partial charge in [0.15, 0.2) is 0 Å². The number of aromatic nitrogens is 2. The topological polar surface area (TPSA) is 49.0 Å². The molecule has 1 amide bonds. The Morgan fingerprint density at radius 2 is 1.55 bits per heavy atom. The van der Waals surface area contributed by atoms with E-state index >= 15 is 0 Å². The molecule has 4 aromatic rings. The number of amides is 1. The third kappa shape index (κ3) is 2.72. The third-order valence-corrected chi connectivity index (χ3v) is 5.12. The van der Waals surface area contributed by atoms with Crippen LogP contribution in [0.5, 0.6) is 0 Å². The van der Waals surface area contributed by atoms with Crippen LogP contribution in [0.4, 0.5) is 14.5 Å². The number of halogens is 2. The smallest absolute Gasteiger partial charge is 0.277 e. The molecule has 1 atom stereocenters. The van der Waals surface area contributed by atoms with E-state index in [2.05, 4.69) is 10.2 Å². The molecule has 3 aromatic carbocycles. The summed E-state index contributed by atoms with van der Waals surface area (Å²) in [6.45, 7) is 0. The van der Waals surface area contributed by atoms with Crippen molar-refractivity contribution in [1.29, 1.82) is 0 Å². The molecule has 4 nitrogen and oxygen atoms in total. The highest BCUT2D eigenvalue weighted by Gasteiger charge is 2.43. The molecule has 0 radical (unpaired) electrons. The largest absolute Gasteiger partial charge is 0.295 e. The molecule has 29 heavy (non-hydrogen) atoms. The van der Waals surface area contributed by atoms with Crippen LogP contribution in [-0.2, 0) is 0 Å². The summed E-state index contributed by atoms with van der Waals surface area (Å²) >= 11 is 0. The Labute approximate surface area is 165 Å². The third-order valence-electron chi connectivity index (χ3n) is 5.12. The van der Waals surface area contributed by atoms with Crippen LogP contribution in [0, 0.1) is 11.6 Å². The number of anilines is 1. The minimum absolute atomic E-state index is 0.291. The number of aromatic amines is 1. The Kier molecular flexibility index (Phi) is 3.98. The summed E-state index contributed by atoms with van der Waals surface area (Å²) in [5.41, 5.74) is 3.05. The summed E-state index contributed by atoms with van der Waals surface area (Å²) < 4.78 is 28.2. The van der Waals surface area contributed by atoms with Crippen LogP contribution in [0.1, 0.15) is 27.7 Å². The zero-order valence-electron chi connectivity index (χ0n) is 15.1. The second-order valence-electron chi connectivity index (χ2n) is 6.80. The van der Waals surface area contributed by atoms with Crippen LogP contribution >= 0.6 is 0 Å². The highest BCUT2D eigenvalue weighted by molar-refractivity contribution is 6.11. The van der Waals surface area contributed by atoms with Crippen molar-refractivity contribution in [1.82, 2.24) is 10.2 Å². The molecular formula is C23H15F2N3O. The first-order valence-electron chi connectivity index (χ1n) is 9.12. The van der Waals surface area contributed by atoms with Gasteiger partial charge in [0.2, 0.25) is 0 Å². The van der Waals surface area contributed by atoms with Crippen LogP contribution in [0.2, 0.25) is 0 Å². The van der Waals surface area contributed by atoms with Gasteiger partial charge in [-0.3, -0.25) is 14.8 Å². The summed E-state index contributed by atoms with van der Waals surface area (Å²) in [6, 6.07) is 20.7. The van der Waals surface area contributed by atoms with Crippen molar-refractivity contribution in [3.05, 3.63) is 107 Å². The molecule has 0 saturated heterocycles. The molecule has 0 saturated carbocycles. The SMILES string of the molecule is O=C1c2[nH]nc(-c3ccc(F)cc3)c2[C@@H](c2ccccc2F)N1c1ccccc1. The number of benzene rings is 3. The normalized spacial score (nSPS) is 15.6. The highest BCUT2D eigenvalue weighted by atomic mass is 19.1. The average Bonchev–Trinajstić information content (AvgIpc) is 3.29. The van der Waals surface area contributed by atoms with Crippen LogP contribution in [0.3, 0.4) is 0 Å². The molecular weight excluding hydrogens is 372 g/mol. The lowest BCUT2D eigenvalue weighted by atomic mass is 9.95. The van der Waals surface area contributed by atoms with Gasteiger partial charge in [0.1, 0.15) is 17.3 Å². The summed E-state index contributed by atoms with van der Waals surface area (Å²) in [5.74, 6) is -1.07. The van der Waals surface area contributed by atoms with Crippen molar-refractivity contribution in [2.75, 3.05) is 4.90 Å². The van der Waals surface area contributed by atoms with Gasteiger partial charge >= 0.3 is 0 Å². The first-order valence-corrected chi connectivity index (χ1v) is 9.12. The number of H-pyrrole nitrogens is 1. The van der Waals surface area contributed by atoms with Gasteiger partial charge in [-0.25, -0.2) is 8.78 Å². The predicted molar refractivity (Wildman–Crippen MR) is 105 cm³/mol. The summed E-state index contributed by atoms with van der Waals surface area (Å²) in [7, 11) is 0.